The van der Waals surface area contributed by atoms with Crippen LogP contribution in [0.5, 0.6) is 5.75 Å². The molecule has 5 rings (SSSR count). The lowest BCUT2D eigenvalue weighted by Gasteiger charge is -2.19. The first-order chi connectivity index (χ1) is 17.4. The Kier molecular flexibility index (Phi) is 6.17. The zero-order chi connectivity index (χ0) is 25.4. The van der Waals surface area contributed by atoms with Crippen molar-refractivity contribution in [1.29, 1.82) is 5.41 Å². The van der Waals surface area contributed by atoms with Crippen LogP contribution in [0.1, 0.15) is 18.2 Å². The molecule has 0 spiro atoms. The summed E-state index contributed by atoms with van der Waals surface area (Å²) in [5, 5.41) is 27.1. The average Bonchev–Trinajstić information content (AvgIpc) is 3.49. The summed E-state index contributed by atoms with van der Waals surface area (Å²) in [5.74, 6) is 0.0225. The highest BCUT2D eigenvalue weighted by Gasteiger charge is 2.36. The Labute approximate surface area is 213 Å². The van der Waals surface area contributed by atoms with Crippen molar-refractivity contribution < 1.29 is 18.9 Å². The van der Waals surface area contributed by atoms with Crippen LogP contribution in [0.4, 0.5) is 5.69 Å². The number of nitrogens with one attached hydrogen (secondary N) is 1. The van der Waals surface area contributed by atoms with E-state index in [1.165, 1.54) is 23.2 Å². The molecule has 0 saturated heterocycles. The van der Waals surface area contributed by atoms with E-state index in [9.17, 15) is 14.9 Å². The average molecular weight is 522 g/mol. The minimum Gasteiger partial charge on any atom is -0.494 e. The molecule has 1 N–H and O–H groups in total. The number of aliphatic imine (C=N–C) groups is 1. The predicted octanol–water partition coefficient (Wildman–Crippen LogP) is 5.57. The topological polar surface area (TPSA) is 134 Å². The maximum atomic E-state index is 12.7. The van der Waals surface area contributed by atoms with Crippen molar-refractivity contribution in [1.82, 2.24) is 5.01 Å². The number of carbonyl (C=O) groups is 1. The summed E-state index contributed by atoms with van der Waals surface area (Å²) in [5.41, 5.74) is 0.703. The van der Waals surface area contributed by atoms with Gasteiger partial charge in [-0.3, -0.25) is 20.3 Å². The number of nitro groups is 1. The van der Waals surface area contributed by atoms with Crippen molar-refractivity contribution >= 4 is 57.1 Å². The Bertz CT molecular complexity index is 1530. The molecule has 0 unspecified atom stereocenters. The number of hydrogen-bond acceptors (Lipinski definition) is 8. The molecule has 2 aliphatic heterocycles. The van der Waals surface area contributed by atoms with Gasteiger partial charge in [-0.15, -0.1) is 0 Å². The smallest absolute Gasteiger partial charge is 0.284 e. The number of nitro benzene ring substituents is 1. The van der Waals surface area contributed by atoms with Gasteiger partial charge in [-0.05, 0) is 55.1 Å². The van der Waals surface area contributed by atoms with Gasteiger partial charge in [-0.25, -0.2) is 0 Å². The second kappa shape index (κ2) is 9.44. The second-order valence-electron chi connectivity index (χ2n) is 7.48. The number of hydrazone groups is 1. The minimum atomic E-state index is -0.626. The van der Waals surface area contributed by atoms with E-state index in [1.807, 2.05) is 6.07 Å². The normalized spacial score (nSPS) is 16.2. The van der Waals surface area contributed by atoms with Crippen molar-refractivity contribution in [2.75, 3.05) is 6.61 Å². The molecular weight excluding hydrogens is 506 g/mol. The number of fused-ring (bicyclic) bond motifs is 1. The van der Waals surface area contributed by atoms with Gasteiger partial charge in [0.2, 0.25) is 5.17 Å². The van der Waals surface area contributed by atoms with Crippen LogP contribution in [0.3, 0.4) is 0 Å². The van der Waals surface area contributed by atoms with E-state index in [2.05, 4.69) is 10.1 Å². The monoisotopic (exact) mass is 521 g/mol. The molecule has 0 aliphatic carbocycles. The molecule has 0 radical (unpaired) electrons. The fourth-order valence-corrected chi connectivity index (χ4v) is 4.79. The lowest BCUT2D eigenvalue weighted by Crippen LogP contribution is -2.35. The van der Waals surface area contributed by atoms with Gasteiger partial charge in [0, 0.05) is 5.56 Å². The summed E-state index contributed by atoms with van der Waals surface area (Å²) in [6, 6.07) is 14.7. The maximum absolute atomic E-state index is 12.7. The fraction of sp³-hybridized carbons (Fsp3) is 0.0833. The summed E-state index contributed by atoms with van der Waals surface area (Å²) < 4.78 is 11.1. The third-order valence-electron chi connectivity index (χ3n) is 5.21. The molecule has 0 bridgehead atoms. The SMILES string of the molecule is CCOc1ccc(-c2ccc(/C=C3/C(=N)N4N=C(c5ccccc5Cl)SC4=NC3=O)o2)c([N+](=O)[O-])c1. The molecule has 0 fully saturated rings. The molecule has 0 saturated carbocycles. The van der Waals surface area contributed by atoms with E-state index in [4.69, 9.17) is 26.2 Å². The molecule has 2 aliphatic rings. The lowest BCUT2D eigenvalue weighted by molar-refractivity contribution is -0.384. The summed E-state index contributed by atoms with van der Waals surface area (Å²) in [6.45, 7) is 2.16. The molecule has 0 atom stereocenters. The molecule has 3 heterocycles. The third kappa shape index (κ3) is 4.30. The molecule has 36 heavy (non-hydrogen) atoms. The van der Waals surface area contributed by atoms with E-state index in [0.29, 0.717) is 28.0 Å². The number of amidine groups is 2. The number of carbonyl (C=O) groups excluding carboxylic acids is 1. The zero-order valence-corrected chi connectivity index (χ0v) is 20.2. The number of hydrogen-bond donors (Lipinski definition) is 1. The Balaban J connectivity index is 1.45. The van der Waals surface area contributed by atoms with Crippen molar-refractivity contribution in [3.63, 3.8) is 0 Å². The number of nitrogens with zero attached hydrogens (tertiary/aromatic N) is 4. The highest BCUT2D eigenvalue weighted by atomic mass is 35.5. The molecule has 1 aromatic heterocycles. The largest absolute Gasteiger partial charge is 0.494 e. The van der Waals surface area contributed by atoms with E-state index < -0.39 is 10.8 Å². The van der Waals surface area contributed by atoms with Gasteiger partial charge in [0.25, 0.3) is 11.6 Å². The van der Waals surface area contributed by atoms with Crippen LogP contribution in [0.15, 0.2) is 74.7 Å². The van der Waals surface area contributed by atoms with Crippen LogP contribution in [0.25, 0.3) is 17.4 Å². The van der Waals surface area contributed by atoms with Crippen LogP contribution in [0.2, 0.25) is 5.02 Å². The molecule has 3 aromatic rings. The second-order valence-corrected chi connectivity index (χ2v) is 8.84. The number of ether oxygens (including phenoxy) is 1. The van der Waals surface area contributed by atoms with Crippen LogP contribution >= 0.6 is 23.4 Å². The summed E-state index contributed by atoms with van der Waals surface area (Å²) >= 11 is 7.41. The molecule has 10 nitrogen and oxygen atoms in total. The van der Waals surface area contributed by atoms with Crippen LogP contribution in [-0.2, 0) is 4.79 Å². The van der Waals surface area contributed by atoms with Crippen molar-refractivity contribution in [3.05, 3.63) is 86.6 Å². The van der Waals surface area contributed by atoms with Gasteiger partial charge in [0.05, 0.1) is 33.8 Å². The van der Waals surface area contributed by atoms with Crippen molar-refractivity contribution in [3.8, 4) is 17.1 Å². The van der Waals surface area contributed by atoms with Crippen molar-refractivity contribution in [2.45, 2.75) is 6.92 Å². The first-order valence-electron chi connectivity index (χ1n) is 10.6. The molecule has 12 heteroatoms. The van der Waals surface area contributed by atoms with Gasteiger partial charge in [0.15, 0.2) is 5.84 Å². The first kappa shape index (κ1) is 23.5. The van der Waals surface area contributed by atoms with Gasteiger partial charge in [-0.2, -0.15) is 15.1 Å². The van der Waals surface area contributed by atoms with Crippen LogP contribution in [-0.4, -0.2) is 38.5 Å². The molecular formula is C24H16ClN5O5S. The van der Waals surface area contributed by atoms with E-state index in [-0.39, 0.29) is 39.3 Å². The summed E-state index contributed by atoms with van der Waals surface area (Å²) in [6.07, 6.45) is 1.36. The molecule has 2 aromatic carbocycles. The Hall–Kier alpha value is -4.22. The Morgan fingerprint density at radius 2 is 2.03 bits per heavy atom. The van der Waals surface area contributed by atoms with Gasteiger partial charge < -0.3 is 9.15 Å². The van der Waals surface area contributed by atoms with Crippen molar-refractivity contribution in [2.24, 2.45) is 10.1 Å². The fourth-order valence-electron chi connectivity index (χ4n) is 3.58. The van der Waals surface area contributed by atoms with E-state index >= 15 is 0 Å². The predicted molar refractivity (Wildman–Crippen MR) is 138 cm³/mol. The van der Waals surface area contributed by atoms with E-state index in [0.717, 1.165) is 11.8 Å². The maximum Gasteiger partial charge on any atom is 0.284 e. The number of benzene rings is 2. The lowest BCUT2D eigenvalue weighted by atomic mass is 10.1. The number of furan rings is 1. The van der Waals surface area contributed by atoms with Crippen LogP contribution in [0, 0.1) is 15.5 Å². The summed E-state index contributed by atoms with van der Waals surface area (Å²) in [7, 11) is 0. The zero-order valence-electron chi connectivity index (χ0n) is 18.6. The highest BCUT2D eigenvalue weighted by molar-refractivity contribution is 8.27. The first-order valence-corrected chi connectivity index (χ1v) is 11.8. The minimum absolute atomic E-state index is 0.0365. The number of rotatable bonds is 6. The molecule has 180 valence electrons. The summed E-state index contributed by atoms with van der Waals surface area (Å²) in [4.78, 5) is 27.9. The number of thioether (sulfide) groups is 1. The van der Waals surface area contributed by atoms with Crippen LogP contribution < -0.4 is 4.74 Å². The quantitative estimate of drug-likeness (QED) is 0.254. The number of halogens is 1. The standard InChI is InChI=1S/C24H16ClN5O5S/c1-2-34-13-7-9-16(19(12-13)30(32)33)20-10-8-14(35-20)11-17-21(26)29-24(27-22(17)31)36-23(28-29)15-5-3-4-6-18(15)25/h3-12,26H,2H2,1H3/b17-11-,26-21?. The highest BCUT2D eigenvalue weighted by Crippen LogP contribution is 2.36. The third-order valence-corrected chi connectivity index (χ3v) is 6.49. The van der Waals surface area contributed by atoms with Gasteiger partial charge in [0.1, 0.15) is 22.3 Å². The van der Waals surface area contributed by atoms with Gasteiger partial charge in [-0.1, -0.05) is 29.8 Å². The molecule has 1 amide bonds. The van der Waals surface area contributed by atoms with E-state index in [1.54, 1.807) is 43.3 Å². The number of amides is 1. The Morgan fingerprint density at radius 3 is 2.78 bits per heavy atom. The Morgan fingerprint density at radius 1 is 1.22 bits per heavy atom. The van der Waals surface area contributed by atoms with Gasteiger partial charge >= 0.3 is 0 Å².